The van der Waals surface area contributed by atoms with Crippen LogP contribution in [0.4, 0.5) is 0 Å². The van der Waals surface area contributed by atoms with Gasteiger partial charge in [-0.25, -0.2) is 0 Å². The quantitative estimate of drug-likeness (QED) is 0.838. The van der Waals surface area contributed by atoms with E-state index in [1.165, 1.54) is 19.3 Å². The third kappa shape index (κ3) is 3.48. The molecule has 3 unspecified atom stereocenters. The summed E-state index contributed by atoms with van der Waals surface area (Å²) in [6, 6.07) is 0.669. The average Bonchev–Trinajstić information content (AvgIpc) is 2.53. The normalized spacial score (nSPS) is 37.5. The first-order valence-electron chi connectivity index (χ1n) is 9.32. The molecule has 3 N–H and O–H groups in total. The number of amides is 1. The molecule has 1 heterocycles. The van der Waals surface area contributed by atoms with Crippen LogP contribution in [0.2, 0.25) is 0 Å². The van der Waals surface area contributed by atoms with Crippen molar-refractivity contribution in [1.82, 2.24) is 5.32 Å². The molecule has 3 rings (SSSR count). The molecule has 4 nitrogen and oxygen atoms in total. The summed E-state index contributed by atoms with van der Waals surface area (Å²) in [7, 11) is 0. The highest BCUT2D eigenvalue weighted by molar-refractivity contribution is 5.79. The van der Waals surface area contributed by atoms with Gasteiger partial charge in [-0.3, -0.25) is 4.79 Å². The highest BCUT2D eigenvalue weighted by atomic mass is 16.5. The van der Waals surface area contributed by atoms with Crippen molar-refractivity contribution >= 4 is 5.91 Å². The van der Waals surface area contributed by atoms with Crippen LogP contribution in [0.15, 0.2) is 0 Å². The molecule has 2 saturated carbocycles. The van der Waals surface area contributed by atoms with Crippen LogP contribution in [-0.4, -0.2) is 31.2 Å². The van der Waals surface area contributed by atoms with E-state index in [2.05, 4.69) is 12.2 Å². The van der Waals surface area contributed by atoms with E-state index in [9.17, 15) is 4.79 Å². The maximum absolute atomic E-state index is 12.8. The summed E-state index contributed by atoms with van der Waals surface area (Å²) in [5, 5.41) is 3.37. The van der Waals surface area contributed by atoms with Gasteiger partial charge in [-0.15, -0.1) is 0 Å². The number of carbonyl (C=O) groups excluding carboxylic acids is 1. The highest BCUT2D eigenvalue weighted by Gasteiger charge is 2.41. The van der Waals surface area contributed by atoms with Crippen LogP contribution in [0.25, 0.3) is 0 Å². The summed E-state index contributed by atoms with van der Waals surface area (Å²) in [5.74, 6) is 2.23. The second-order valence-electron chi connectivity index (χ2n) is 7.67. The molecule has 0 aromatic rings. The Morgan fingerprint density at radius 2 is 1.82 bits per heavy atom. The molecule has 126 valence electrons. The fourth-order valence-corrected chi connectivity index (χ4v) is 4.98. The standard InChI is InChI=1S/C18H32N2O2/c1-2-16(12-6-8-22-9-7-12)20-18(21)15-10-13-4-3-5-14(11-15)17(13)19/h12-17H,2-11,19H2,1H3,(H,20,21). The van der Waals surface area contributed by atoms with E-state index in [1.807, 2.05) is 0 Å². The lowest BCUT2D eigenvalue weighted by molar-refractivity contribution is -0.129. The van der Waals surface area contributed by atoms with Crippen molar-refractivity contribution in [1.29, 1.82) is 0 Å². The smallest absolute Gasteiger partial charge is 0.223 e. The zero-order valence-corrected chi connectivity index (χ0v) is 13.9. The minimum Gasteiger partial charge on any atom is -0.381 e. The number of ether oxygens (including phenoxy) is 1. The van der Waals surface area contributed by atoms with E-state index in [0.717, 1.165) is 45.3 Å². The Morgan fingerprint density at radius 1 is 1.18 bits per heavy atom. The SMILES string of the molecule is CCC(NC(=O)C1CC2CCCC(C1)C2N)C1CCOCC1. The molecule has 1 amide bonds. The third-order valence-electron chi connectivity index (χ3n) is 6.39. The van der Waals surface area contributed by atoms with Crippen molar-refractivity contribution < 1.29 is 9.53 Å². The van der Waals surface area contributed by atoms with Crippen molar-refractivity contribution in [2.45, 2.75) is 70.4 Å². The lowest BCUT2D eigenvalue weighted by atomic mass is 9.65. The van der Waals surface area contributed by atoms with Crippen LogP contribution in [0, 0.1) is 23.7 Å². The first-order valence-corrected chi connectivity index (χ1v) is 9.32. The van der Waals surface area contributed by atoms with Gasteiger partial charge in [-0.1, -0.05) is 13.3 Å². The van der Waals surface area contributed by atoms with Crippen molar-refractivity contribution in [2.24, 2.45) is 29.4 Å². The second-order valence-corrected chi connectivity index (χ2v) is 7.67. The Hall–Kier alpha value is -0.610. The fourth-order valence-electron chi connectivity index (χ4n) is 4.98. The number of nitrogens with two attached hydrogens (primary N) is 1. The van der Waals surface area contributed by atoms with Crippen molar-refractivity contribution in [2.75, 3.05) is 13.2 Å². The molecule has 3 atom stereocenters. The van der Waals surface area contributed by atoms with Crippen molar-refractivity contribution in [3.05, 3.63) is 0 Å². The molecule has 0 radical (unpaired) electrons. The molecule has 0 aromatic heterocycles. The predicted octanol–water partition coefficient (Wildman–Crippen LogP) is 2.46. The molecule has 0 spiro atoms. The van der Waals surface area contributed by atoms with Gasteiger partial charge in [0.1, 0.15) is 0 Å². The average molecular weight is 308 g/mol. The Bertz CT molecular complexity index is 367. The fraction of sp³-hybridized carbons (Fsp3) is 0.944. The van der Waals surface area contributed by atoms with Crippen LogP contribution in [0.3, 0.4) is 0 Å². The Morgan fingerprint density at radius 3 is 2.41 bits per heavy atom. The van der Waals surface area contributed by atoms with E-state index in [1.54, 1.807) is 0 Å². The highest BCUT2D eigenvalue weighted by Crippen LogP contribution is 2.42. The number of hydrogen-bond acceptors (Lipinski definition) is 3. The lowest BCUT2D eigenvalue weighted by Gasteiger charge is -2.44. The topological polar surface area (TPSA) is 64.4 Å². The van der Waals surface area contributed by atoms with E-state index < -0.39 is 0 Å². The summed E-state index contributed by atoms with van der Waals surface area (Å²) in [5.41, 5.74) is 6.35. The van der Waals surface area contributed by atoms with Gasteiger partial charge in [0.2, 0.25) is 5.91 Å². The Labute approximate surface area is 134 Å². The van der Waals surface area contributed by atoms with Gasteiger partial charge in [-0.2, -0.15) is 0 Å². The zero-order chi connectivity index (χ0) is 15.5. The summed E-state index contributed by atoms with van der Waals surface area (Å²) in [4.78, 5) is 12.8. The van der Waals surface area contributed by atoms with Crippen LogP contribution in [-0.2, 0) is 9.53 Å². The molecular weight excluding hydrogens is 276 g/mol. The molecule has 1 aliphatic heterocycles. The Balaban J connectivity index is 1.56. The molecule has 3 fully saturated rings. The summed E-state index contributed by atoms with van der Waals surface area (Å²) in [6.45, 7) is 3.88. The van der Waals surface area contributed by atoms with Crippen molar-refractivity contribution in [3.63, 3.8) is 0 Å². The van der Waals surface area contributed by atoms with Gasteiger partial charge < -0.3 is 15.8 Å². The predicted molar refractivity (Wildman–Crippen MR) is 87.3 cm³/mol. The van der Waals surface area contributed by atoms with Crippen LogP contribution in [0.5, 0.6) is 0 Å². The first kappa shape index (κ1) is 16.3. The minimum atomic E-state index is 0.198. The number of hydrogen-bond donors (Lipinski definition) is 2. The van der Waals surface area contributed by atoms with Gasteiger partial charge in [0.15, 0.2) is 0 Å². The molecule has 2 bridgehead atoms. The summed E-state index contributed by atoms with van der Waals surface area (Å²) < 4.78 is 5.45. The van der Waals surface area contributed by atoms with Crippen LogP contribution >= 0.6 is 0 Å². The molecule has 1 saturated heterocycles. The number of fused-ring (bicyclic) bond motifs is 2. The van der Waals surface area contributed by atoms with Gasteiger partial charge >= 0.3 is 0 Å². The van der Waals surface area contributed by atoms with E-state index >= 15 is 0 Å². The second kappa shape index (κ2) is 7.31. The lowest BCUT2D eigenvalue weighted by Crippen LogP contribution is -2.51. The van der Waals surface area contributed by atoms with Gasteiger partial charge in [0.05, 0.1) is 0 Å². The molecule has 3 aliphatic rings. The van der Waals surface area contributed by atoms with E-state index in [4.69, 9.17) is 10.5 Å². The maximum atomic E-state index is 12.8. The van der Waals surface area contributed by atoms with Crippen LogP contribution < -0.4 is 11.1 Å². The van der Waals surface area contributed by atoms with E-state index in [-0.39, 0.29) is 5.92 Å². The van der Waals surface area contributed by atoms with Gasteiger partial charge in [0, 0.05) is 31.2 Å². The molecule has 0 aromatic carbocycles. The molecular formula is C18H32N2O2. The number of nitrogens with one attached hydrogen (secondary N) is 1. The Kier molecular flexibility index (Phi) is 5.40. The maximum Gasteiger partial charge on any atom is 0.223 e. The van der Waals surface area contributed by atoms with E-state index in [0.29, 0.717) is 35.7 Å². The van der Waals surface area contributed by atoms with Gasteiger partial charge in [-0.05, 0) is 62.7 Å². The monoisotopic (exact) mass is 308 g/mol. The largest absolute Gasteiger partial charge is 0.381 e. The number of rotatable bonds is 4. The summed E-state index contributed by atoms with van der Waals surface area (Å²) >= 11 is 0. The van der Waals surface area contributed by atoms with Gasteiger partial charge in [0.25, 0.3) is 0 Å². The third-order valence-corrected chi connectivity index (χ3v) is 6.39. The summed E-state index contributed by atoms with van der Waals surface area (Å²) in [6.07, 6.45) is 8.95. The zero-order valence-electron chi connectivity index (χ0n) is 13.9. The van der Waals surface area contributed by atoms with Crippen molar-refractivity contribution in [3.8, 4) is 0 Å². The molecule has 2 aliphatic carbocycles. The first-order chi connectivity index (χ1) is 10.7. The van der Waals surface area contributed by atoms with Crippen LogP contribution in [0.1, 0.15) is 58.3 Å². The molecule has 22 heavy (non-hydrogen) atoms. The molecule has 4 heteroatoms. The number of carbonyl (C=O) groups is 1. The minimum absolute atomic E-state index is 0.198.